The molecule has 106 valence electrons. The molecule has 0 saturated carbocycles. The number of benzene rings is 2. The number of alkyl halides is 1. The highest BCUT2D eigenvalue weighted by molar-refractivity contribution is 9.10. The van der Waals surface area contributed by atoms with Crippen molar-refractivity contribution in [3.63, 3.8) is 0 Å². The first-order valence-electron chi connectivity index (χ1n) is 6.71. The van der Waals surface area contributed by atoms with Crippen molar-refractivity contribution in [3.8, 4) is 5.69 Å². The van der Waals surface area contributed by atoms with E-state index in [1.165, 1.54) is 5.56 Å². The van der Waals surface area contributed by atoms with Gasteiger partial charge in [-0.3, -0.25) is 0 Å². The van der Waals surface area contributed by atoms with Crippen molar-refractivity contribution in [2.75, 3.05) is 0 Å². The molecular weight excluding hydrogens is 348 g/mol. The molecule has 0 aliphatic carbocycles. The van der Waals surface area contributed by atoms with Crippen LogP contribution >= 0.6 is 27.5 Å². The van der Waals surface area contributed by atoms with Gasteiger partial charge in [0, 0.05) is 16.2 Å². The molecule has 1 heterocycles. The first kappa shape index (κ1) is 14.4. The maximum Gasteiger partial charge on any atom is 0.0656 e. The number of nitrogens with zero attached hydrogens (tertiary/aromatic N) is 2. The Labute approximate surface area is 137 Å². The van der Waals surface area contributed by atoms with Crippen LogP contribution in [-0.4, -0.2) is 9.78 Å². The summed E-state index contributed by atoms with van der Waals surface area (Å²) in [4.78, 5) is 0. The summed E-state index contributed by atoms with van der Waals surface area (Å²) in [6.07, 6.45) is 4.62. The zero-order valence-corrected chi connectivity index (χ0v) is 13.6. The number of hydrogen-bond acceptors (Lipinski definition) is 1. The highest BCUT2D eigenvalue weighted by Crippen LogP contribution is 2.26. The summed E-state index contributed by atoms with van der Waals surface area (Å²) in [7, 11) is 0. The molecule has 4 heteroatoms. The summed E-state index contributed by atoms with van der Waals surface area (Å²) >= 11 is 9.96. The maximum atomic E-state index is 6.52. The number of para-hydroxylation sites is 1. The van der Waals surface area contributed by atoms with Gasteiger partial charge in [-0.25, -0.2) is 4.68 Å². The Morgan fingerprint density at radius 1 is 1.05 bits per heavy atom. The van der Waals surface area contributed by atoms with Crippen molar-refractivity contribution in [2.24, 2.45) is 0 Å². The van der Waals surface area contributed by atoms with Crippen LogP contribution in [0, 0.1) is 0 Å². The lowest BCUT2D eigenvalue weighted by Crippen LogP contribution is -1.95. The van der Waals surface area contributed by atoms with Gasteiger partial charge < -0.3 is 0 Å². The van der Waals surface area contributed by atoms with E-state index in [2.05, 4.69) is 33.2 Å². The Bertz CT molecular complexity index is 707. The lowest BCUT2D eigenvalue weighted by Gasteiger charge is -2.07. The van der Waals surface area contributed by atoms with Crippen molar-refractivity contribution in [1.82, 2.24) is 9.78 Å². The molecule has 0 saturated heterocycles. The molecule has 0 bridgehead atoms. The fourth-order valence-electron chi connectivity index (χ4n) is 2.17. The normalized spacial score (nSPS) is 12.3. The molecule has 1 aromatic heterocycles. The maximum absolute atomic E-state index is 6.52. The molecule has 0 N–H and O–H groups in total. The van der Waals surface area contributed by atoms with Crippen LogP contribution in [0.3, 0.4) is 0 Å². The van der Waals surface area contributed by atoms with E-state index in [0.717, 1.165) is 22.1 Å². The van der Waals surface area contributed by atoms with Gasteiger partial charge >= 0.3 is 0 Å². The van der Waals surface area contributed by atoms with E-state index in [1.807, 2.05) is 59.5 Å². The third-order valence-electron chi connectivity index (χ3n) is 3.31. The average molecular weight is 362 g/mol. The van der Waals surface area contributed by atoms with Gasteiger partial charge in [-0.05, 0) is 36.2 Å². The Kier molecular flexibility index (Phi) is 4.42. The van der Waals surface area contributed by atoms with Crippen molar-refractivity contribution in [2.45, 2.75) is 11.8 Å². The fraction of sp³-hybridized carbons (Fsp3) is 0.118. The molecular formula is C17H14BrClN2. The molecule has 0 fully saturated rings. The Hall–Kier alpha value is -1.58. The van der Waals surface area contributed by atoms with Crippen LogP contribution in [0.25, 0.3) is 5.69 Å². The highest BCUT2D eigenvalue weighted by atomic mass is 79.9. The molecule has 0 spiro atoms. The Morgan fingerprint density at radius 3 is 2.48 bits per heavy atom. The van der Waals surface area contributed by atoms with Crippen molar-refractivity contribution in [1.29, 1.82) is 0 Å². The predicted octanol–water partition coefficient (Wildman–Crippen LogP) is 5.16. The lowest BCUT2D eigenvalue weighted by atomic mass is 10.1. The van der Waals surface area contributed by atoms with Crippen LogP contribution in [0.2, 0.25) is 0 Å². The van der Waals surface area contributed by atoms with Gasteiger partial charge in [0.05, 0.1) is 17.3 Å². The van der Waals surface area contributed by atoms with E-state index in [0.29, 0.717) is 0 Å². The molecule has 0 amide bonds. The Balaban J connectivity index is 1.75. The van der Waals surface area contributed by atoms with Gasteiger partial charge in [0.2, 0.25) is 0 Å². The molecule has 0 radical (unpaired) electrons. The van der Waals surface area contributed by atoms with Crippen molar-refractivity contribution in [3.05, 3.63) is 82.6 Å². The molecule has 2 aromatic carbocycles. The molecule has 3 rings (SSSR count). The number of aromatic nitrogens is 2. The molecule has 2 nitrogen and oxygen atoms in total. The fourth-order valence-corrected chi connectivity index (χ4v) is 2.72. The largest absolute Gasteiger partial charge is 0.241 e. The molecule has 0 aliphatic rings. The molecule has 1 atom stereocenters. The zero-order valence-electron chi connectivity index (χ0n) is 11.3. The summed E-state index contributed by atoms with van der Waals surface area (Å²) in [6, 6.07) is 18.3. The smallest absolute Gasteiger partial charge is 0.0656 e. The topological polar surface area (TPSA) is 17.8 Å². The van der Waals surface area contributed by atoms with Gasteiger partial charge in [0.25, 0.3) is 0 Å². The van der Waals surface area contributed by atoms with Gasteiger partial charge in [-0.2, -0.15) is 5.10 Å². The average Bonchev–Trinajstić information content (AvgIpc) is 3.00. The van der Waals surface area contributed by atoms with E-state index in [4.69, 9.17) is 11.6 Å². The summed E-state index contributed by atoms with van der Waals surface area (Å²) in [6.45, 7) is 0. The van der Waals surface area contributed by atoms with Crippen LogP contribution in [-0.2, 0) is 6.42 Å². The van der Waals surface area contributed by atoms with E-state index in [9.17, 15) is 0 Å². The summed E-state index contributed by atoms with van der Waals surface area (Å²) in [5, 5.41) is 4.31. The SMILES string of the molecule is ClC(Cc1ccc(Br)cc1)c1cnn(-c2ccccc2)c1. The zero-order chi connectivity index (χ0) is 14.7. The van der Waals surface area contributed by atoms with Crippen LogP contribution < -0.4 is 0 Å². The monoisotopic (exact) mass is 360 g/mol. The van der Waals surface area contributed by atoms with E-state index < -0.39 is 0 Å². The lowest BCUT2D eigenvalue weighted by molar-refractivity contribution is 0.877. The molecule has 1 unspecified atom stereocenters. The van der Waals surface area contributed by atoms with Crippen molar-refractivity contribution >= 4 is 27.5 Å². The van der Waals surface area contributed by atoms with Crippen LogP contribution in [0.1, 0.15) is 16.5 Å². The molecule has 3 aromatic rings. The van der Waals surface area contributed by atoms with E-state index >= 15 is 0 Å². The third kappa shape index (κ3) is 3.55. The number of rotatable bonds is 4. The second-order valence-electron chi connectivity index (χ2n) is 4.85. The first-order valence-corrected chi connectivity index (χ1v) is 7.94. The van der Waals surface area contributed by atoms with Gasteiger partial charge in [0.1, 0.15) is 0 Å². The summed E-state index contributed by atoms with van der Waals surface area (Å²) in [5.41, 5.74) is 3.28. The van der Waals surface area contributed by atoms with Crippen LogP contribution in [0.4, 0.5) is 0 Å². The van der Waals surface area contributed by atoms with Crippen LogP contribution in [0.5, 0.6) is 0 Å². The van der Waals surface area contributed by atoms with Crippen molar-refractivity contribution < 1.29 is 0 Å². The predicted molar refractivity (Wildman–Crippen MR) is 90.0 cm³/mol. The molecule has 21 heavy (non-hydrogen) atoms. The third-order valence-corrected chi connectivity index (χ3v) is 4.25. The first-order chi connectivity index (χ1) is 10.2. The number of halogens is 2. The minimum Gasteiger partial charge on any atom is -0.241 e. The second kappa shape index (κ2) is 6.46. The van der Waals surface area contributed by atoms with Gasteiger partial charge in [0.15, 0.2) is 0 Å². The standard InChI is InChI=1S/C17H14BrClN2/c18-15-8-6-13(7-9-15)10-17(19)14-11-20-21(12-14)16-4-2-1-3-5-16/h1-9,11-12,17H,10H2. The van der Waals surface area contributed by atoms with Gasteiger partial charge in [-0.15, -0.1) is 11.6 Å². The van der Waals surface area contributed by atoms with E-state index in [-0.39, 0.29) is 5.38 Å². The second-order valence-corrected chi connectivity index (χ2v) is 6.29. The van der Waals surface area contributed by atoms with Crippen LogP contribution in [0.15, 0.2) is 71.5 Å². The molecule has 0 aliphatic heterocycles. The summed E-state index contributed by atoms with van der Waals surface area (Å²) in [5.74, 6) is 0. The minimum atomic E-state index is -0.0800. The summed E-state index contributed by atoms with van der Waals surface area (Å²) < 4.78 is 2.93. The highest BCUT2D eigenvalue weighted by Gasteiger charge is 2.12. The minimum absolute atomic E-state index is 0.0800. The van der Waals surface area contributed by atoms with Gasteiger partial charge in [-0.1, -0.05) is 46.3 Å². The quantitative estimate of drug-likeness (QED) is 0.587. The number of hydrogen-bond donors (Lipinski definition) is 0. The Morgan fingerprint density at radius 2 is 1.76 bits per heavy atom. The van der Waals surface area contributed by atoms with E-state index in [1.54, 1.807) is 0 Å².